The van der Waals surface area contributed by atoms with Crippen molar-refractivity contribution in [3.8, 4) is 11.1 Å². The molecule has 1 aliphatic carbocycles. The van der Waals surface area contributed by atoms with Gasteiger partial charge in [-0.2, -0.15) is 0 Å². The molecular weight excluding hydrogens is 624 g/mol. The third-order valence-corrected chi connectivity index (χ3v) is 7.93. The zero-order valence-corrected chi connectivity index (χ0v) is 23.9. The number of halogens is 2. The number of aromatic nitrogens is 1. The van der Waals surface area contributed by atoms with Crippen molar-refractivity contribution in [3.63, 3.8) is 0 Å². The molecule has 0 saturated heterocycles. The molecule has 0 spiro atoms. The third-order valence-electron chi connectivity index (χ3n) is 6.59. The fourth-order valence-electron chi connectivity index (χ4n) is 4.61. The van der Waals surface area contributed by atoms with Crippen LogP contribution in [0.5, 0.6) is 0 Å². The van der Waals surface area contributed by atoms with Crippen molar-refractivity contribution in [2.45, 2.75) is 39.3 Å². The summed E-state index contributed by atoms with van der Waals surface area (Å²) in [5.41, 5.74) is 2.17. The highest BCUT2D eigenvalue weighted by Crippen LogP contribution is 2.41. The molecule has 2 aromatic carbocycles. The zero-order chi connectivity index (χ0) is 27.4. The summed E-state index contributed by atoms with van der Waals surface area (Å²) >= 11 is 2.01. The van der Waals surface area contributed by atoms with Crippen LogP contribution in [0.4, 0.5) is 15.8 Å². The van der Waals surface area contributed by atoms with Gasteiger partial charge in [0, 0.05) is 27.4 Å². The standard InChI is InChI=1S/C27H25FIN3O5S/c1-14-24(31-21-10-7-18(29)12-20(21)28)23-25(37-27(14)34)22(15(2)32(26(23)33)19-8-9-19)17-6-4-5-16(11-17)13-30-38(3,35)36/h4-7,10-12,19,30-31H,8-9,13H2,1-3H3. The minimum absolute atomic E-state index is 0.0101. The molecule has 1 aliphatic rings. The minimum Gasteiger partial charge on any atom is -0.421 e. The average molecular weight is 649 g/mol. The summed E-state index contributed by atoms with van der Waals surface area (Å²) in [4.78, 5) is 26.9. The average Bonchev–Trinajstić information content (AvgIpc) is 3.67. The molecule has 0 amide bonds. The fraction of sp³-hybridized carbons (Fsp3) is 0.259. The van der Waals surface area contributed by atoms with E-state index < -0.39 is 21.5 Å². The van der Waals surface area contributed by atoms with Gasteiger partial charge in [-0.3, -0.25) is 4.79 Å². The topological polar surface area (TPSA) is 110 Å². The van der Waals surface area contributed by atoms with Crippen LogP contribution < -0.4 is 21.2 Å². The van der Waals surface area contributed by atoms with E-state index in [1.165, 1.54) is 13.0 Å². The second-order valence-electron chi connectivity index (χ2n) is 9.50. The van der Waals surface area contributed by atoms with Gasteiger partial charge in [-0.25, -0.2) is 22.3 Å². The lowest BCUT2D eigenvalue weighted by Crippen LogP contribution is -2.25. The molecular formula is C27H25FIN3O5S. The second-order valence-corrected chi connectivity index (χ2v) is 12.6. The van der Waals surface area contributed by atoms with Crippen molar-refractivity contribution in [2.24, 2.45) is 0 Å². The normalized spacial score (nSPS) is 13.7. The van der Waals surface area contributed by atoms with Crippen molar-refractivity contribution in [1.82, 2.24) is 9.29 Å². The van der Waals surface area contributed by atoms with E-state index in [9.17, 15) is 22.4 Å². The molecule has 11 heteroatoms. The Bertz CT molecular complexity index is 1830. The monoisotopic (exact) mass is 649 g/mol. The lowest BCUT2D eigenvalue weighted by molar-refractivity contribution is 0.552. The molecule has 2 aromatic heterocycles. The van der Waals surface area contributed by atoms with Crippen LogP contribution in [0, 0.1) is 23.2 Å². The Hall–Kier alpha value is -3.03. The Morgan fingerprint density at radius 2 is 1.87 bits per heavy atom. The highest BCUT2D eigenvalue weighted by atomic mass is 127. The Morgan fingerprint density at radius 1 is 1.13 bits per heavy atom. The smallest absolute Gasteiger partial charge is 0.341 e. The maximum Gasteiger partial charge on any atom is 0.341 e. The minimum atomic E-state index is -3.40. The number of fused-ring (bicyclic) bond motifs is 1. The maximum atomic E-state index is 14.8. The highest BCUT2D eigenvalue weighted by molar-refractivity contribution is 14.1. The summed E-state index contributed by atoms with van der Waals surface area (Å²) in [6, 6.07) is 11.8. The first-order chi connectivity index (χ1) is 17.9. The van der Waals surface area contributed by atoms with E-state index in [4.69, 9.17) is 4.42 Å². The predicted octanol–water partition coefficient (Wildman–Crippen LogP) is 5.11. The third kappa shape index (κ3) is 5.14. The van der Waals surface area contributed by atoms with E-state index in [1.54, 1.807) is 34.9 Å². The summed E-state index contributed by atoms with van der Waals surface area (Å²) in [5.74, 6) is -0.515. The molecule has 8 nitrogen and oxygen atoms in total. The SMILES string of the molecule is Cc1c(Nc2ccc(I)cc2F)c2c(=O)n(C3CC3)c(C)c(-c3cccc(CNS(C)(=O)=O)c3)c2oc1=O. The number of hydrogen-bond acceptors (Lipinski definition) is 6. The van der Waals surface area contributed by atoms with Gasteiger partial charge < -0.3 is 14.3 Å². The van der Waals surface area contributed by atoms with Gasteiger partial charge >= 0.3 is 5.63 Å². The number of nitrogens with zero attached hydrogens (tertiary/aromatic N) is 1. The number of benzene rings is 2. The quantitative estimate of drug-likeness (QED) is 0.270. The molecule has 2 N–H and O–H groups in total. The molecule has 1 fully saturated rings. The van der Waals surface area contributed by atoms with Gasteiger partial charge in [0.2, 0.25) is 10.0 Å². The first-order valence-electron chi connectivity index (χ1n) is 11.9. The molecule has 0 bridgehead atoms. The van der Waals surface area contributed by atoms with E-state index in [2.05, 4.69) is 10.0 Å². The van der Waals surface area contributed by atoms with Crippen molar-refractivity contribution in [3.05, 3.63) is 89.4 Å². The van der Waals surface area contributed by atoms with E-state index in [0.717, 1.165) is 19.1 Å². The van der Waals surface area contributed by atoms with Gasteiger partial charge in [0.05, 0.1) is 23.2 Å². The van der Waals surface area contributed by atoms with Crippen LogP contribution in [-0.4, -0.2) is 19.2 Å². The molecule has 5 rings (SSSR count). The van der Waals surface area contributed by atoms with Gasteiger partial charge in [-0.15, -0.1) is 0 Å². The van der Waals surface area contributed by atoms with Crippen LogP contribution in [0.15, 0.2) is 56.5 Å². The maximum absolute atomic E-state index is 14.8. The molecule has 0 unspecified atom stereocenters. The zero-order valence-electron chi connectivity index (χ0n) is 20.9. The molecule has 0 radical (unpaired) electrons. The molecule has 2 heterocycles. The molecule has 198 valence electrons. The van der Waals surface area contributed by atoms with Crippen LogP contribution in [-0.2, 0) is 16.6 Å². The second kappa shape index (κ2) is 9.93. The number of rotatable bonds is 7. The van der Waals surface area contributed by atoms with Crippen molar-refractivity contribution >= 4 is 55.0 Å². The number of sulfonamides is 1. The number of hydrogen-bond donors (Lipinski definition) is 2. The Labute approximate surface area is 232 Å². The first-order valence-corrected chi connectivity index (χ1v) is 14.9. The van der Waals surface area contributed by atoms with Crippen LogP contribution in [0.3, 0.4) is 0 Å². The molecule has 4 aromatic rings. The van der Waals surface area contributed by atoms with E-state index in [0.29, 0.717) is 26.0 Å². The largest absolute Gasteiger partial charge is 0.421 e. The summed E-state index contributed by atoms with van der Waals surface area (Å²) in [6.45, 7) is 3.42. The van der Waals surface area contributed by atoms with Crippen LogP contribution >= 0.6 is 22.6 Å². The first kappa shape index (κ1) is 26.6. The highest BCUT2D eigenvalue weighted by Gasteiger charge is 2.31. The van der Waals surface area contributed by atoms with Gasteiger partial charge in [0.15, 0.2) is 5.58 Å². The molecule has 1 saturated carbocycles. The van der Waals surface area contributed by atoms with Gasteiger partial charge in [0.1, 0.15) is 11.2 Å². The Balaban J connectivity index is 1.79. The Morgan fingerprint density at radius 3 is 2.53 bits per heavy atom. The van der Waals surface area contributed by atoms with Crippen molar-refractivity contribution < 1.29 is 17.2 Å². The summed E-state index contributed by atoms with van der Waals surface area (Å²) in [6.07, 6.45) is 2.77. The van der Waals surface area contributed by atoms with Crippen LogP contribution in [0.2, 0.25) is 0 Å². The summed E-state index contributed by atoms with van der Waals surface area (Å²) < 4.78 is 48.7. The molecule has 38 heavy (non-hydrogen) atoms. The van der Waals surface area contributed by atoms with Crippen LogP contribution in [0.1, 0.15) is 35.7 Å². The van der Waals surface area contributed by atoms with E-state index in [-0.39, 0.29) is 46.1 Å². The number of pyridine rings is 1. The van der Waals surface area contributed by atoms with Crippen molar-refractivity contribution in [1.29, 1.82) is 0 Å². The number of anilines is 2. The fourth-order valence-corrected chi connectivity index (χ4v) is 5.49. The molecule has 0 aliphatic heterocycles. The van der Waals surface area contributed by atoms with Gasteiger partial charge in [-0.05, 0) is 84.7 Å². The van der Waals surface area contributed by atoms with Gasteiger partial charge in [0.25, 0.3) is 5.56 Å². The Kier molecular flexibility index (Phi) is 6.95. The summed E-state index contributed by atoms with van der Waals surface area (Å²) in [7, 11) is -3.40. The number of nitrogens with one attached hydrogen (secondary N) is 2. The van der Waals surface area contributed by atoms with Crippen molar-refractivity contribution in [2.75, 3.05) is 11.6 Å². The molecule has 0 atom stereocenters. The van der Waals surface area contributed by atoms with Gasteiger partial charge in [-0.1, -0.05) is 18.2 Å². The van der Waals surface area contributed by atoms with E-state index >= 15 is 0 Å². The predicted molar refractivity (Wildman–Crippen MR) is 154 cm³/mol. The van der Waals surface area contributed by atoms with E-state index in [1.807, 2.05) is 35.6 Å². The lowest BCUT2D eigenvalue weighted by atomic mass is 9.98. The summed E-state index contributed by atoms with van der Waals surface area (Å²) in [5, 5.41) is 3.16. The van der Waals surface area contributed by atoms with Crippen LogP contribution in [0.25, 0.3) is 22.1 Å². The lowest BCUT2D eigenvalue weighted by Gasteiger charge is -2.19.